The highest BCUT2D eigenvalue weighted by molar-refractivity contribution is 5.78. The predicted molar refractivity (Wildman–Crippen MR) is 71.3 cm³/mol. The second-order valence-corrected chi connectivity index (χ2v) is 5.22. The van der Waals surface area contributed by atoms with Gasteiger partial charge < -0.3 is 15.5 Å². The van der Waals surface area contributed by atoms with E-state index in [4.69, 9.17) is 0 Å². The molecule has 1 fully saturated rings. The summed E-state index contributed by atoms with van der Waals surface area (Å²) < 4.78 is 0. The SMILES string of the molecule is CC(C)C(=O)NCCNC(=O)N1CCCCC1C. The highest BCUT2D eigenvalue weighted by atomic mass is 16.2. The van der Waals surface area contributed by atoms with Crippen LogP contribution >= 0.6 is 0 Å². The number of amides is 3. The number of nitrogens with zero attached hydrogens (tertiary/aromatic N) is 1. The van der Waals surface area contributed by atoms with Gasteiger partial charge in [-0.2, -0.15) is 0 Å². The lowest BCUT2D eigenvalue weighted by Gasteiger charge is -2.33. The Kier molecular flexibility index (Phi) is 5.95. The Balaban J connectivity index is 2.18. The highest BCUT2D eigenvalue weighted by Crippen LogP contribution is 2.15. The Morgan fingerprint density at radius 2 is 1.89 bits per heavy atom. The van der Waals surface area contributed by atoms with E-state index in [1.165, 1.54) is 6.42 Å². The van der Waals surface area contributed by atoms with Crippen molar-refractivity contribution in [2.45, 2.75) is 46.1 Å². The van der Waals surface area contributed by atoms with Gasteiger partial charge in [0, 0.05) is 31.6 Å². The molecule has 0 aromatic heterocycles. The Morgan fingerprint density at radius 1 is 1.22 bits per heavy atom. The molecule has 0 spiro atoms. The molecule has 1 atom stereocenters. The van der Waals surface area contributed by atoms with Gasteiger partial charge in [-0.3, -0.25) is 4.79 Å². The van der Waals surface area contributed by atoms with E-state index in [0.29, 0.717) is 19.1 Å². The van der Waals surface area contributed by atoms with Crippen molar-refractivity contribution in [3.8, 4) is 0 Å². The number of piperidine rings is 1. The summed E-state index contributed by atoms with van der Waals surface area (Å²) in [5.74, 6) is 0.0124. The quantitative estimate of drug-likeness (QED) is 0.745. The zero-order valence-electron chi connectivity index (χ0n) is 11.7. The molecule has 1 aliphatic rings. The van der Waals surface area contributed by atoms with Crippen molar-refractivity contribution >= 4 is 11.9 Å². The summed E-state index contributed by atoms with van der Waals surface area (Å²) in [6, 6.07) is 0.310. The molecule has 0 radical (unpaired) electrons. The molecule has 3 amide bonds. The van der Waals surface area contributed by atoms with Crippen LogP contribution in [0.15, 0.2) is 0 Å². The molecule has 1 rings (SSSR count). The van der Waals surface area contributed by atoms with E-state index in [1.54, 1.807) is 0 Å². The van der Waals surface area contributed by atoms with Gasteiger partial charge in [0.15, 0.2) is 0 Å². The molecule has 18 heavy (non-hydrogen) atoms. The first kappa shape index (κ1) is 14.8. The van der Waals surface area contributed by atoms with Crippen molar-refractivity contribution in [3.63, 3.8) is 0 Å². The fourth-order valence-corrected chi connectivity index (χ4v) is 2.06. The van der Waals surface area contributed by atoms with E-state index in [9.17, 15) is 9.59 Å². The van der Waals surface area contributed by atoms with Gasteiger partial charge >= 0.3 is 6.03 Å². The number of urea groups is 1. The van der Waals surface area contributed by atoms with Crippen molar-refractivity contribution in [1.82, 2.24) is 15.5 Å². The average molecular weight is 255 g/mol. The van der Waals surface area contributed by atoms with Crippen LogP contribution in [0.3, 0.4) is 0 Å². The van der Waals surface area contributed by atoms with Crippen molar-refractivity contribution in [2.24, 2.45) is 5.92 Å². The first-order valence-electron chi connectivity index (χ1n) is 6.84. The summed E-state index contributed by atoms with van der Waals surface area (Å²) in [4.78, 5) is 25.1. The predicted octanol–water partition coefficient (Wildman–Crippen LogP) is 1.34. The van der Waals surface area contributed by atoms with Gasteiger partial charge in [0.25, 0.3) is 0 Å². The van der Waals surface area contributed by atoms with Crippen LogP contribution in [0.1, 0.15) is 40.0 Å². The summed E-state index contributed by atoms with van der Waals surface area (Å²) in [6.45, 7) is 7.60. The van der Waals surface area contributed by atoms with Crippen molar-refractivity contribution in [3.05, 3.63) is 0 Å². The van der Waals surface area contributed by atoms with Crippen molar-refractivity contribution in [1.29, 1.82) is 0 Å². The molecule has 5 nitrogen and oxygen atoms in total. The molecular formula is C13H25N3O2. The summed E-state index contributed by atoms with van der Waals surface area (Å²) in [7, 11) is 0. The minimum absolute atomic E-state index is 0.0113. The lowest BCUT2D eigenvalue weighted by atomic mass is 10.0. The molecule has 5 heteroatoms. The van der Waals surface area contributed by atoms with Gasteiger partial charge in [-0.05, 0) is 26.2 Å². The summed E-state index contributed by atoms with van der Waals surface area (Å²) in [5, 5.41) is 5.63. The van der Waals surface area contributed by atoms with Crippen LogP contribution in [-0.2, 0) is 4.79 Å². The summed E-state index contributed by atoms with van der Waals surface area (Å²) >= 11 is 0. The fourth-order valence-electron chi connectivity index (χ4n) is 2.06. The monoisotopic (exact) mass is 255 g/mol. The van der Waals surface area contributed by atoms with Crippen LogP contribution in [0.4, 0.5) is 4.79 Å². The standard InChI is InChI=1S/C13H25N3O2/c1-10(2)12(17)14-7-8-15-13(18)16-9-5-4-6-11(16)3/h10-11H,4-9H2,1-3H3,(H,14,17)(H,15,18). The number of rotatable bonds is 4. The maximum atomic E-state index is 11.9. The molecule has 104 valence electrons. The number of likely N-dealkylation sites (tertiary alicyclic amines) is 1. The van der Waals surface area contributed by atoms with Gasteiger partial charge in [0.2, 0.25) is 5.91 Å². The fraction of sp³-hybridized carbons (Fsp3) is 0.846. The van der Waals surface area contributed by atoms with Gasteiger partial charge in [-0.1, -0.05) is 13.8 Å². The number of carbonyl (C=O) groups is 2. The Labute approximate surface area is 109 Å². The van der Waals surface area contributed by atoms with Gasteiger partial charge in [-0.25, -0.2) is 4.79 Å². The minimum Gasteiger partial charge on any atom is -0.354 e. The number of hydrogen-bond acceptors (Lipinski definition) is 2. The first-order valence-corrected chi connectivity index (χ1v) is 6.84. The second-order valence-electron chi connectivity index (χ2n) is 5.22. The van der Waals surface area contributed by atoms with E-state index in [0.717, 1.165) is 19.4 Å². The molecule has 0 aliphatic carbocycles. The van der Waals surface area contributed by atoms with Crippen LogP contribution in [0.5, 0.6) is 0 Å². The van der Waals surface area contributed by atoms with E-state index >= 15 is 0 Å². The molecular weight excluding hydrogens is 230 g/mol. The number of nitrogens with one attached hydrogen (secondary N) is 2. The number of carbonyl (C=O) groups excluding carboxylic acids is 2. The molecule has 2 N–H and O–H groups in total. The third kappa shape index (κ3) is 4.55. The Morgan fingerprint density at radius 3 is 2.50 bits per heavy atom. The molecule has 1 heterocycles. The van der Waals surface area contributed by atoms with Gasteiger partial charge in [-0.15, -0.1) is 0 Å². The van der Waals surface area contributed by atoms with E-state index < -0.39 is 0 Å². The number of hydrogen-bond donors (Lipinski definition) is 2. The third-order valence-electron chi connectivity index (χ3n) is 3.29. The minimum atomic E-state index is -0.0130. The molecule has 1 saturated heterocycles. The van der Waals surface area contributed by atoms with Crippen LogP contribution in [-0.4, -0.2) is 42.5 Å². The van der Waals surface area contributed by atoms with E-state index in [1.807, 2.05) is 18.7 Å². The first-order chi connectivity index (χ1) is 8.52. The molecule has 0 aromatic rings. The van der Waals surface area contributed by atoms with E-state index in [2.05, 4.69) is 17.6 Å². The van der Waals surface area contributed by atoms with Crippen LogP contribution < -0.4 is 10.6 Å². The maximum Gasteiger partial charge on any atom is 0.317 e. The molecule has 1 unspecified atom stereocenters. The topological polar surface area (TPSA) is 61.4 Å². The van der Waals surface area contributed by atoms with Crippen LogP contribution in [0.25, 0.3) is 0 Å². The average Bonchev–Trinajstić information content (AvgIpc) is 2.34. The van der Waals surface area contributed by atoms with Gasteiger partial charge in [0.05, 0.1) is 0 Å². The highest BCUT2D eigenvalue weighted by Gasteiger charge is 2.22. The Bertz CT molecular complexity index is 292. The second kappa shape index (κ2) is 7.24. The summed E-state index contributed by atoms with van der Waals surface area (Å²) in [6.07, 6.45) is 3.37. The zero-order chi connectivity index (χ0) is 13.5. The molecule has 0 saturated carbocycles. The smallest absolute Gasteiger partial charge is 0.317 e. The van der Waals surface area contributed by atoms with Crippen LogP contribution in [0, 0.1) is 5.92 Å². The largest absolute Gasteiger partial charge is 0.354 e. The molecule has 0 bridgehead atoms. The van der Waals surface area contributed by atoms with Crippen molar-refractivity contribution in [2.75, 3.05) is 19.6 Å². The third-order valence-corrected chi connectivity index (χ3v) is 3.29. The Hall–Kier alpha value is -1.26. The van der Waals surface area contributed by atoms with E-state index in [-0.39, 0.29) is 17.9 Å². The van der Waals surface area contributed by atoms with Crippen LogP contribution in [0.2, 0.25) is 0 Å². The summed E-state index contributed by atoms with van der Waals surface area (Å²) in [5.41, 5.74) is 0. The molecule has 0 aromatic carbocycles. The van der Waals surface area contributed by atoms with Crippen molar-refractivity contribution < 1.29 is 9.59 Å². The lowest BCUT2D eigenvalue weighted by molar-refractivity contribution is -0.123. The lowest BCUT2D eigenvalue weighted by Crippen LogP contribution is -2.49. The zero-order valence-corrected chi connectivity index (χ0v) is 11.7. The normalized spacial score (nSPS) is 19.8. The van der Waals surface area contributed by atoms with Gasteiger partial charge in [0.1, 0.15) is 0 Å². The molecule has 1 aliphatic heterocycles. The maximum absolute atomic E-state index is 11.9.